The van der Waals surface area contributed by atoms with E-state index in [9.17, 15) is 9.59 Å². The van der Waals surface area contributed by atoms with Crippen molar-refractivity contribution in [1.82, 2.24) is 10.6 Å². The zero-order valence-electron chi connectivity index (χ0n) is 14.7. The Balaban J connectivity index is 2.42. The molecular formula is C16H31N3O3. The van der Waals surface area contributed by atoms with Crippen LogP contribution in [0.1, 0.15) is 48.0 Å². The quantitative estimate of drug-likeness (QED) is 0.632. The number of ether oxygens (including phenoxy) is 1. The van der Waals surface area contributed by atoms with Gasteiger partial charge in [-0.25, -0.2) is 0 Å². The van der Waals surface area contributed by atoms with E-state index in [1.807, 2.05) is 41.5 Å². The molecule has 6 heteroatoms. The lowest BCUT2D eigenvalue weighted by Gasteiger charge is -2.57. The van der Waals surface area contributed by atoms with Crippen LogP contribution in [-0.4, -0.2) is 43.2 Å². The molecule has 128 valence electrons. The lowest BCUT2D eigenvalue weighted by molar-refractivity contribution is -0.170. The number of hydrogen-bond acceptors (Lipinski definition) is 4. The third kappa shape index (κ3) is 3.60. The van der Waals surface area contributed by atoms with Crippen molar-refractivity contribution in [3.05, 3.63) is 0 Å². The molecule has 6 nitrogen and oxygen atoms in total. The van der Waals surface area contributed by atoms with Crippen molar-refractivity contribution < 1.29 is 14.3 Å². The minimum atomic E-state index is -0.916. The number of carbonyl (C=O) groups is 2. The number of nitrogens with two attached hydrogens (primary N) is 1. The summed E-state index contributed by atoms with van der Waals surface area (Å²) in [4.78, 5) is 24.1. The van der Waals surface area contributed by atoms with Gasteiger partial charge in [-0.15, -0.1) is 0 Å². The smallest absolute Gasteiger partial charge is 0.240 e. The summed E-state index contributed by atoms with van der Waals surface area (Å²) >= 11 is 0. The number of hydrogen-bond donors (Lipinski definition) is 3. The van der Waals surface area contributed by atoms with Gasteiger partial charge in [-0.05, 0) is 6.92 Å². The maximum absolute atomic E-state index is 12.3. The standard InChI is InChI=1S/C16H31N3O3/c1-7-22-11-10-16(17,15(11,5)6)13(21)19-9-8-18-12(20)14(2,3)4/h11H,7-10,17H2,1-6H3,(H,18,20)(H,19,21). The molecule has 0 aromatic rings. The number of carbonyl (C=O) groups excluding carboxylic acids is 2. The van der Waals surface area contributed by atoms with E-state index in [4.69, 9.17) is 10.5 Å². The molecule has 0 spiro atoms. The van der Waals surface area contributed by atoms with E-state index in [0.29, 0.717) is 26.1 Å². The molecule has 0 heterocycles. The number of nitrogens with one attached hydrogen (secondary N) is 2. The van der Waals surface area contributed by atoms with E-state index < -0.39 is 16.4 Å². The summed E-state index contributed by atoms with van der Waals surface area (Å²) in [6.45, 7) is 12.8. The van der Waals surface area contributed by atoms with E-state index in [1.54, 1.807) is 0 Å². The van der Waals surface area contributed by atoms with Crippen LogP contribution in [0.25, 0.3) is 0 Å². The van der Waals surface area contributed by atoms with Crippen LogP contribution in [0.5, 0.6) is 0 Å². The zero-order valence-corrected chi connectivity index (χ0v) is 14.7. The van der Waals surface area contributed by atoms with Gasteiger partial charge in [0.1, 0.15) is 5.54 Å². The van der Waals surface area contributed by atoms with Gasteiger partial charge in [0.2, 0.25) is 11.8 Å². The van der Waals surface area contributed by atoms with Crippen LogP contribution >= 0.6 is 0 Å². The predicted molar refractivity (Wildman–Crippen MR) is 86.2 cm³/mol. The van der Waals surface area contributed by atoms with Crippen LogP contribution in [0.3, 0.4) is 0 Å². The Morgan fingerprint density at radius 1 is 1.23 bits per heavy atom. The van der Waals surface area contributed by atoms with Crippen molar-refractivity contribution >= 4 is 11.8 Å². The first-order chi connectivity index (χ1) is 9.96. The molecule has 1 fully saturated rings. The molecule has 1 rings (SSSR count). The van der Waals surface area contributed by atoms with E-state index in [-0.39, 0.29) is 17.9 Å². The van der Waals surface area contributed by atoms with Gasteiger partial charge in [-0.3, -0.25) is 9.59 Å². The van der Waals surface area contributed by atoms with Crippen LogP contribution < -0.4 is 16.4 Å². The minimum Gasteiger partial charge on any atom is -0.378 e. The summed E-state index contributed by atoms with van der Waals surface area (Å²) in [6, 6.07) is 0. The molecule has 2 atom stereocenters. The highest BCUT2D eigenvalue weighted by atomic mass is 16.5. The SMILES string of the molecule is CCOC1CC(N)(C(=O)NCCNC(=O)C(C)(C)C)C1(C)C. The van der Waals surface area contributed by atoms with Gasteiger partial charge in [0.05, 0.1) is 6.10 Å². The monoisotopic (exact) mass is 313 g/mol. The van der Waals surface area contributed by atoms with Crippen LogP contribution in [0.15, 0.2) is 0 Å². The highest BCUT2D eigenvalue weighted by molar-refractivity contribution is 5.89. The Kier molecular flexibility index (Phi) is 5.62. The Morgan fingerprint density at radius 3 is 2.23 bits per heavy atom. The Hall–Kier alpha value is -1.14. The van der Waals surface area contributed by atoms with Crippen molar-refractivity contribution in [1.29, 1.82) is 0 Å². The van der Waals surface area contributed by atoms with E-state index in [2.05, 4.69) is 10.6 Å². The van der Waals surface area contributed by atoms with Gasteiger partial charge in [0, 0.05) is 36.9 Å². The molecule has 0 saturated heterocycles. The average molecular weight is 313 g/mol. The van der Waals surface area contributed by atoms with Crippen molar-refractivity contribution in [2.75, 3.05) is 19.7 Å². The van der Waals surface area contributed by atoms with Crippen molar-refractivity contribution in [2.45, 2.75) is 59.6 Å². The van der Waals surface area contributed by atoms with Gasteiger partial charge in [0.15, 0.2) is 0 Å². The van der Waals surface area contributed by atoms with E-state index in [1.165, 1.54) is 0 Å². The molecule has 0 aromatic carbocycles. The second-order valence-corrected chi connectivity index (χ2v) is 7.60. The summed E-state index contributed by atoms with van der Waals surface area (Å²) in [5, 5.41) is 5.61. The summed E-state index contributed by atoms with van der Waals surface area (Å²) in [5.74, 6) is -0.219. The second kappa shape index (κ2) is 6.54. The van der Waals surface area contributed by atoms with Gasteiger partial charge < -0.3 is 21.1 Å². The second-order valence-electron chi connectivity index (χ2n) is 7.60. The molecule has 1 aliphatic carbocycles. The summed E-state index contributed by atoms with van der Waals surface area (Å²) in [5.41, 5.74) is 4.53. The van der Waals surface area contributed by atoms with E-state index in [0.717, 1.165) is 0 Å². The summed E-state index contributed by atoms with van der Waals surface area (Å²) in [7, 11) is 0. The van der Waals surface area contributed by atoms with Crippen molar-refractivity contribution in [2.24, 2.45) is 16.6 Å². The molecule has 0 aromatic heterocycles. The molecule has 4 N–H and O–H groups in total. The third-order valence-corrected chi connectivity index (χ3v) is 4.61. The Labute approximate surface area is 133 Å². The van der Waals surface area contributed by atoms with Crippen LogP contribution in [0.2, 0.25) is 0 Å². The summed E-state index contributed by atoms with van der Waals surface area (Å²) in [6.07, 6.45) is 0.530. The maximum atomic E-state index is 12.3. The molecule has 0 aliphatic heterocycles. The molecule has 0 bridgehead atoms. The average Bonchev–Trinajstić information content (AvgIpc) is 2.41. The van der Waals surface area contributed by atoms with Crippen molar-refractivity contribution in [3.8, 4) is 0 Å². The fourth-order valence-electron chi connectivity index (χ4n) is 2.60. The van der Waals surface area contributed by atoms with Crippen LogP contribution in [0.4, 0.5) is 0 Å². The lowest BCUT2D eigenvalue weighted by Crippen LogP contribution is -2.75. The molecule has 22 heavy (non-hydrogen) atoms. The first-order valence-electron chi connectivity index (χ1n) is 7.94. The van der Waals surface area contributed by atoms with Crippen LogP contribution in [-0.2, 0) is 14.3 Å². The third-order valence-electron chi connectivity index (χ3n) is 4.61. The first-order valence-corrected chi connectivity index (χ1v) is 7.94. The molecular weight excluding hydrogens is 282 g/mol. The first kappa shape index (κ1) is 18.9. The minimum absolute atomic E-state index is 0.00819. The lowest BCUT2D eigenvalue weighted by atomic mass is 9.54. The molecule has 2 unspecified atom stereocenters. The molecule has 0 radical (unpaired) electrons. The van der Waals surface area contributed by atoms with Gasteiger partial charge in [0.25, 0.3) is 0 Å². The fourth-order valence-corrected chi connectivity index (χ4v) is 2.60. The molecule has 2 amide bonds. The molecule has 1 saturated carbocycles. The highest BCUT2D eigenvalue weighted by Crippen LogP contribution is 2.49. The largest absolute Gasteiger partial charge is 0.378 e. The fraction of sp³-hybridized carbons (Fsp3) is 0.875. The summed E-state index contributed by atoms with van der Waals surface area (Å²) < 4.78 is 5.62. The maximum Gasteiger partial charge on any atom is 0.240 e. The van der Waals surface area contributed by atoms with Gasteiger partial charge in [-0.2, -0.15) is 0 Å². The Bertz CT molecular complexity index is 429. The van der Waals surface area contributed by atoms with Crippen LogP contribution in [0, 0.1) is 10.8 Å². The van der Waals surface area contributed by atoms with Gasteiger partial charge >= 0.3 is 0 Å². The van der Waals surface area contributed by atoms with E-state index >= 15 is 0 Å². The normalized spacial score (nSPS) is 27.0. The number of rotatable bonds is 6. The topological polar surface area (TPSA) is 93.4 Å². The highest BCUT2D eigenvalue weighted by Gasteiger charge is 2.62. The van der Waals surface area contributed by atoms with Gasteiger partial charge in [-0.1, -0.05) is 34.6 Å². The number of amides is 2. The molecule has 1 aliphatic rings. The zero-order chi connectivity index (χ0) is 17.2. The predicted octanol–water partition coefficient (Wildman–Crippen LogP) is 0.797. The van der Waals surface area contributed by atoms with Crippen molar-refractivity contribution in [3.63, 3.8) is 0 Å². The Morgan fingerprint density at radius 2 is 1.77 bits per heavy atom.